The number of hydrogen-bond donors (Lipinski definition) is 1. The topological polar surface area (TPSA) is 29.1 Å². The van der Waals surface area contributed by atoms with Crippen molar-refractivity contribution >= 4 is 23.6 Å². The van der Waals surface area contributed by atoms with E-state index in [1.54, 1.807) is 24.3 Å². The predicted octanol–water partition coefficient (Wildman–Crippen LogP) is 3.66. The van der Waals surface area contributed by atoms with Gasteiger partial charge >= 0.3 is 0 Å². The minimum atomic E-state index is -0.0576. The van der Waals surface area contributed by atoms with E-state index in [9.17, 15) is 4.79 Å². The molecule has 1 amide bonds. The van der Waals surface area contributed by atoms with Gasteiger partial charge < -0.3 is 5.32 Å². The second-order valence-corrected chi connectivity index (χ2v) is 5.28. The Morgan fingerprint density at radius 2 is 2.18 bits per heavy atom. The summed E-state index contributed by atoms with van der Waals surface area (Å²) in [5.41, 5.74) is 1.43. The van der Waals surface area contributed by atoms with E-state index in [-0.39, 0.29) is 11.4 Å². The smallest absolute Gasteiger partial charge is 0.251 e. The Kier molecular flexibility index (Phi) is 3.25. The van der Waals surface area contributed by atoms with Crippen LogP contribution < -0.4 is 5.32 Å². The average molecular weight is 250 g/mol. The lowest BCUT2D eigenvalue weighted by Crippen LogP contribution is -2.50. The summed E-state index contributed by atoms with van der Waals surface area (Å²) in [6.07, 6.45) is 4.97. The molecule has 1 N–H and O–H groups in total. The van der Waals surface area contributed by atoms with Gasteiger partial charge in [-0.05, 0) is 49.9 Å². The molecule has 1 aromatic carbocycles. The fourth-order valence-corrected chi connectivity index (χ4v) is 2.28. The van der Waals surface area contributed by atoms with Gasteiger partial charge in [0.25, 0.3) is 5.91 Å². The molecule has 0 saturated heterocycles. The van der Waals surface area contributed by atoms with Gasteiger partial charge in [0.2, 0.25) is 0 Å². The largest absolute Gasteiger partial charge is 0.347 e. The molecule has 1 fully saturated rings. The summed E-state index contributed by atoms with van der Waals surface area (Å²) in [6, 6.07) is 5.28. The van der Waals surface area contributed by atoms with Crippen LogP contribution in [0.5, 0.6) is 0 Å². The standard InChI is InChI=1S/C14H16ClNO/c1-3-10-7-11(9-12(15)8-10)13(17)16-14(2)5-4-6-14/h3,7-9H,1,4-6H2,2H3,(H,16,17). The molecule has 1 aliphatic carbocycles. The highest BCUT2D eigenvalue weighted by molar-refractivity contribution is 6.31. The summed E-state index contributed by atoms with van der Waals surface area (Å²) in [7, 11) is 0. The normalized spacial score (nSPS) is 17.1. The molecule has 2 nitrogen and oxygen atoms in total. The maximum Gasteiger partial charge on any atom is 0.251 e. The van der Waals surface area contributed by atoms with Crippen LogP contribution in [0.4, 0.5) is 0 Å². The van der Waals surface area contributed by atoms with Crippen molar-refractivity contribution < 1.29 is 4.79 Å². The molecule has 2 rings (SSSR count). The highest BCUT2D eigenvalue weighted by Crippen LogP contribution is 2.31. The molecule has 0 radical (unpaired) electrons. The zero-order valence-electron chi connectivity index (χ0n) is 9.92. The molecule has 1 saturated carbocycles. The Bertz CT molecular complexity index is 463. The molecule has 90 valence electrons. The van der Waals surface area contributed by atoms with Crippen LogP contribution in [0.25, 0.3) is 6.08 Å². The SMILES string of the molecule is C=Cc1cc(Cl)cc(C(=O)NC2(C)CCC2)c1. The minimum absolute atomic E-state index is 0.0340. The Balaban J connectivity index is 2.18. The quantitative estimate of drug-likeness (QED) is 0.870. The van der Waals surface area contributed by atoms with Gasteiger partial charge in [0.15, 0.2) is 0 Å². The molecule has 0 aromatic heterocycles. The summed E-state index contributed by atoms with van der Waals surface area (Å²) in [5, 5.41) is 3.62. The van der Waals surface area contributed by atoms with Crippen LogP contribution in [-0.2, 0) is 0 Å². The molecule has 0 spiro atoms. The first-order valence-corrected chi connectivity index (χ1v) is 6.16. The van der Waals surface area contributed by atoms with Crippen molar-refractivity contribution in [2.75, 3.05) is 0 Å². The van der Waals surface area contributed by atoms with E-state index in [1.807, 2.05) is 0 Å². The van der Waals surface area contributed by atoms with E-state index < -0.39 is 0 Å². The van der Waals surface area contributed by atoms with Gasteiger partial charge in [-0.3, -0.25) is 4.79 Å². The van der Waals surface area contributed by atoms with Crippen molar-refractivity contribution in [2.45, 2.75) is 31.7 Å². The maximum absolute atomic E-state index is 12.1. The van der Waals surface area contributed by atoms with Crippen molar-refractivity contribution in [1.29, 1.82) is 0 Å². The zero-order chi connectivity index (χ0) is 12.5. The highest BCUT2D eigenvalue weighted by atomic mass is 35.5. The summed E-state index contributed by atoms with van der Waals surface area (Å²) in [4.78, 5) is 12.1. The van der Waals surface area contributed by atoms with Crippen molar-refractivity contribution in [3.63, 3.8) is 0 Å². The lowest BCUT2D eigenvalue weighted by atomic mass is 9.78. The van der Waals surface area contributed by atoms with Crippen LogP contribution in [0, 0.1) is 0 Å². The molecule has 1 aliphatic rings. The summed E-state index contributed by atoms with van der Waals surface area (Å²) in [6.45, 7) is 5.76. The molecule has 0 bridgehead atoms. The van der Waals surface area contributed by atoms with E-state index in [0.29, 0.717) is 10.6 Å². The first kappa shape index (κ1) is 12.2. The lowest BCUT2D eigenvalue weighted by Gasteiger charge is -2.39. The van der Waals surface area contributed by atoms with Crippen LogP contribution in [0.3, 0.4) is 0 Å². The summed E-state index contributed by atoms with van der Waals surface area (Å²) in [5.74, 6) is -0.0576. The minimum Gasteiger partial charge on any atom is -0.347 e. The molecule has 0 heterocycles. The zero-order valence-corrected chi connectivity index (χ0v) is 10.7. The van der Waals surface area contributed by atoms with E-state index >= 15 is 0 Å². The van der Waals surface area contributed by atoms with E-state index in [1.165, 1.54) is 6.42 Å². The molecule has 0 unspecified atom stereocenters. The first-order chi connectivity index (χ1) is 8.02. The molecule has 1 aromatic rings. The fourth-order valence-electron chi connectivity index (χ4n) is 2.04. The Morgan fingerprint density at radius 1 is 1.47 bits per heavy atom. The molecular formula is C14H16ClNO. The Hall–Kier alpha value is -1.28. The molecule has 0 atom stereocenters. The number of amides is 1. The van der Waals surface area contributed by atoms with E-state index in [2.05, 4.69) is 18.8 Å². The second kappa shape index (κ2) is 4.53. The fraction of sp³-hybridized carbons (Fsp3) is 0.357. The van der Waals surface area contributed by atoms with Gasteiger partial charge in [-0.15, -0.1) is 0 Å². The molecule has 17 heavy (non-hydrogen) atoms. The van der Waals surface area contributed by atoms with Gasteiger partial charge in [0.1, 0.15) is 0 Å². The highest BCUT2D eigenvalue weighted by Gasteiger charge is 2.33. The maximum atomic E-state index is 12.1. The average Bonchev–Trinajstić information content (AvgIpc) is 2.26. The third-order valence-electron chi connectivity index (χ3n) is 3.29. The van der Waals surface area contributed by atoms with Gasteiger partial charge in [-0.25, -0.2) is 0 Å². The first-order valence-electron chi connectivity index (χ1n) is 5.78. The number of rotatable bonds is 3. The van der Waals surface area contributed by atoms with Crippen molar-refractivity contribution in [3.8, 4) is 0 Å². The van der Waals surface area contributed by atoms with E-state index in [0.717, 1.165) is 18.4 Å². The third kappa shape index (κ3) is 2.70. The van der Waals surface area contributed by atoms with Gasteiger partial charge in [0, 0.05) is 16.1 Å². The number of benzene rings is 1. The molecule has 0 aliphatic heterocycles. The Morgan fingerprint density at radius 3 is 2.71 bits per heavy atom. The number of carbonyl (C=O) groups excluding carboxylic acids is 1. The van der Waals surface area contributed by atoms with Crippen LogP contribution in [0.1, 0.15) is 42.1 Å². The number of carbonyl (C=O) groups is 1. The van der Waals surface area contributed by atoms with Crippen LogP contribution in [0.2, 0.25) is 5.02 Å². The number of hydrogen-bond acceptors (Lipinski definition) is 1. The second-order valence-electron chi connectivity index (χ2n) is 4.85. The third-order valence-corrected chi connectivity index (χ3v) is 3.51. The van der Waals surface area contributed by atoms with E-state index in [4.69, 9.17) is 11.6 Å². The van der Waals surface area contributed by atoms with Gasteiger partial charge in [0.05, 0.1) is 0 Å². The number of nitrogens with one attached hydrogen (secondary N) is 1. The predicted molar refractivity (Wildman–Crippen MR) is 71.3 cm³/mol. The summed E-state index contributed by atoms with van der Waals surface area (Å²) < 4.78 is 0. The molecule has 3 heteroatoms. The van der Waals surface area contributed by atoms with Crippen LogP contribution in [0.15, 0.2) is 24.8 Å². The van der Waals surface area contributed by atoms with Crippen LogP contribution >= 0.6 is 11.6 Å². The van der Waals surface area contributed by atoms with Crippen LogP contribution in [-0.4, -0.2) is 11.4 Å². The molecular weight excluding hydrogens is 234 g/mol. The van der Waals surface area contributed by atoms with Crippen molar-refractivity contribution in [2.24, 2.45) is 0 Å². The van der Waals surface area contributed by atoms with Gasteiger partial charge in [-0.2, -0.15) is 0 Å². The van der Waals surface area contributed by atoms with Crippen molar-refractivity contribution in [1.82, 2.24) is 5.32 Å². The number of halogens is 1. The van der Waals surface area contributed by atoms with Crippen molar-refractivity contribution in [3.05, 3.63) is 40.9 Å². The summed E-state index contributed by atoms with van der Waals surface area (Å²) >= 11 is 5.96. The lowest BCUT2D eigenvalue weighted by molar-refractivity contribution is 0.0850. The van der Waals surface area contributed by atoms with Gasteiger partial charge in [-0.1, -0.05) is 24.3 Å². The Labute approximate surface area is 107 Å². The monoisotopic (exact) mass is 249 g/mol.